The highest BCUT2D eigenvalue weighted by molar-refractivity contribution is 5.92. The molecule has 0 N–H and O–H groups in total. The number of carbonyl (C=O) groups excluding carboxylic acids is 1. The molecular weight excluding hydrogens is 366 g/mol. The van der Waals surface area contributed by atoms with Gasteiger partial charge in [0.1, 0.15) is 11.4 Å². The van der Waals surface area contributed by atoms with Crippen molar-refractivity contribution in [1.82, 2.24) is 24.8 Å². The standard InChI is InChI=1S/C22H23N5O2/c1-14-7-4-5-9-19(14)29-20-11-15(2)25-21(26-20)18-8-6-10-27(18)22(28)17-13-23-16(3)12-24-17/h4-5,7,9,11-13,18H,6,8,10H2,1-3H3/t18-/m0/s1. The van der Waals surface area contributed by atoms with E-state index in [0.717, 1.165) is 35.5 Å². The Hall–Kier alpha value is -3.35. The average molecular weight is 389 g/mol. The van der Waals surface area contributed by atoms with Crippen LogP contribution in [0.1, 0.15) is 52.1 Å². The van der Waals surface area contributed by atoms with Crippen molar-refractivity contribution < 1.29 is 9.53 Å². The fraction of sp³-hybridized carbons (Fsp3) is 0.318. The minimum atomic E-state index is -0.204. The van der Waals surface area contributed by atoms with Crippen molar-refractivity contribution in [3.05, 3.63) is 71.2 Å². The molecule has 0 aliphatic carbocycles. The minimum Gasteiger partial charge on any atom is -0.439 e. The van der Waals surface area contributed by atoms with Crippen LogP contribution in [-0.4, -0.2) is 37.3 Å². The van der Waals surface area contributed by atoms with Crippen molar-refractivity contribution in [2.24, 2.45) is 0 Å². The number of hydrogen-bond donors (Lipinski definition) is 0. The van der Waals surface area contributed by atoms with Crippen molar-refractivity contribution in [2.45, 2.75) is 39.7 Å². The molecule has 0 spiro atoms. The molecule has 148 valence electrons. The molecule has 1 fully saturated rings. The van der Waals surface area contributed by atoms with Crippen LogP contribution in [0.25, 0.3) is 0 Å². The number of nitrogens with zero attached hydrogens (tertiary/aromatic N) is 5. The van der Waals surface area contributed by atoms with Gasteiger partial charge in [0, 0.05) is 24.5 Å². The quantitative estimate of drug-likeness (QED) is 0.672. The molecule has 3 heterocycles. The highest BCUT2D eigenvalue weighted by Gasteiger charge is 2.33. The summed E-state index contributed by atoms with van der Waals surface area (Å²) in [4.78, 5) is 32.4. The van der Waals surface area contributed by atoms with Gasteiger partial charge in [-0.15, -0.1) is 0 Å². The molecule has 7 nitrogen and oxygen atoms in total. The van der Waals surface area contributed by atoms with E-state index in [-0.39, 0.29) is 11.9 Å². The highest BCUT2D eigenvalue weighted by atomic mass is 16.5. The first kappa shape index (κ1) is 19.0. The SMILES string of the molecule is Cc1cnc(C(=O)N2CCC[C@H]2c2nc(C)cc(Oc3ccccc3C)n2)cn1. The molecular formula is C22H23N5O2. The first-order valence-corrected chi connectivity index (χ1v) is 9.70. The zero-order valence-electron chi connectivity index (χ0n) is 16.8. The lowest BCUT2D eigenvalue weighted by molar-refractivity contribution is 0.0722. The number of likely N-dealkylation sites (tertiary alicyclic amines) is 1. The minimum absolute atomic E-state index is 0.147. The van der Waals surface area contributed by atoms with E-state index in [2.05, 4.69) is 19.9 Å². The maximum atomic E-state index is 13.0. The smallest absolute Gasteiger partial charge is 0.274 e. The Labute approximate surface area is 169 Å². The van der Waals surface area contributed by atoms with Crippen LogP contribution in [0.4, 0.5) is 0 Å². The third-order valence-electron chi connectivity index (χ3n) is 4.97. The largest absolute Gasteiger partial charge is 0.439 e. The number of aryl methyl sites for hydroxylation is 3. The Morgan fingerprint density at radius 1 is 1.07 bits per heavy atom. The first-order chi connectivity index (χ1) is 14.0. The number of ether oxygens (including phenoxy) is 1. The summed E-state index contributed by atoms with van der Waals surface area (Å²) >= 11 is 0. The summed E-state index contributed by atoms with van der Waals surface area (Å²) in [5, 5.41) is 0. The Balaban J connectivity index is 1.61. The number of amides is 1. The van der Waals surface area contributed by atoms with Gasteiger partial charge in [-0.05, 0) is 45.2 Å². The van der Waals surface area contributed by atoms with Crippen LogP contribution in [0, 0.1) is 20.8 Å². The summed E-state index contributed by atoms with van der Waals surface area (Å²) in [6.45, 7) is 6.38. The maximum absolute atomic E-state index is 13.0. The van der Waals surface area contributed by atoms with Crippen LogP contribution >= 0.6 is 0 Å². The zero-order chi connectivity index (χ0) is 20.4. The van der Waals surface area contributed by atoms with E-state index in [1.165, 1.54) is 6.20 Å². The number of aromatic nitrogens is 4. The molecule has 2 aromatic heterocycles. The Morgan fingerprint density at radius 2 is 1.90 bits per heavy atom. The predicted molar refractivity (Wildman–Crippen MR) is 108 cm³/mol. The van der Waals surface area contributed by atoms with E-state index in [0.29, 0.717) is 23.9 Å². The number of benzene rings is 1. The van der Waals surface area contributed by atoms with Crippen molar-refractivity contribution in [3.8, 4) is 11.6 Å². The van der Waals surface area contributed by atoms with Crippen LogP contribution < -0.4 is 4.74 Å². The number of para-hydroxylation sites is 1. The summed E-state index contributed by atoms with van der Waals surface area (Å²) in [6.07, 6.45) is 4.83. The normalized spacial score (nSPS) is 16.1. The van der Waals surface area contributed by atoms with Crippen LogP contribution in [0.15, 0.2) is 42.7 Å². The highest BCUT2D eigenvalue weighted by Crippen LogP contribution is 2.33. The molecule has 1 aromatic carbocycles. The third-order valence-corrected chi connectivity index (χ3v) is 4.97. The van der Waals surface area contributed by atoms with Gasteiger partial charge in [-0.3, -0.25) is 9.78 Å². The summed E-state index contributed by atoms with van der Waals surface area (Å²) in [5.41, 5.74) is 2.94. The number of carbonyl (C=O) groups is 1. The maximum Gasteiger partial charge on any atom is 0.274 e. The molecule has 1 aliphatic rings. The Kier molecular flexibility index (Phi) is 5.20. The van der Waals surface area contributed by atoms with Crippen LogP contribution in [0.5, 0.6) is 11.6 Å². The summed E-state index contributed by atoms with van der Waals surface area (Å²) in [5.74, 6) is 1.69. The lowest BCUT2D eigenvalue weighted by Crippen LogP contribution is -2.32. The van der Waals surface area contributed by atoms with Gasteiger partial charge in [0.2, 0.25) is 5.88 Å². The number of hydrogen-bond acceptors (Lipinski definition) is 6. The molecule has 0 saturated carbocycles. The fourth-order valence-electron chi connectivity index (χ4n) is 3.48. The summed E-state index contributed by atoms with van der Waals surface area (Å²) in [6, 6.07) is 9.40. The van der Waals surface area contributed by atoms with Gasteiger partial charge < -0.3 is 9.64 Å². The van der Waals surface area contributed by atoms with Crippen molar-refractivity contribution in [3.63, 3.8) is 0 Å². The molecule has 1 amide bonds. The van der Waals surface area contributed by atoms with Crippen molar-refractivity contribution in [2.75, 3.05) is 6.54 Å². The molecule has 4 rings (SSSR count). The van der Waals surface area contributed by atoms with Gasteiger partial charge in [-0.25, -0.2) is 9.97 Å². The monoisotopic (exact) mass is 389 g/mol. The molecule has 3 aromatic rings. The molecule has 1 aliphatic heterocycles. The average Bonchev–Trinajstić information content (AvgIpc) is 3.19. The lowest BCUT2D eigenvalue weighted by Gasteiger charge is -2.23. The van der Waals surface area contributed by atoms with Gasteiger partial charge in [0.15, 0.2) is 5.82 Å². The van der Waals surface area contributed by atoms with E-state index in [1.54, 1.807) is 11.1 Å². The summed E-state index contributed by atoms with van der Waals surface area (Å²) in [7, 11) is 0. The van der Waals surface area contributed by atoms with Gasteiger partial charge in [-0.2, -0.15) is 4.98 Å². The van der Waals surface area contributed by atoms with Gasteiger partial charge >= 0.3 is 0 Å². The van der Waals surface area contributed by atoms with Crippen molar-refractivity contribution >= 4 is 5.91 Å². The molecule has 1 saturated heterocycles. The second-order valence-electron chi connectivity index (χ2n) is 7.27. The third kappa shape index (κ3) is 4.08. The van der Waals surface area contributed by atoms with E-state index < -0.39 is 0 Å². The van der Waals surface area contributed by atoms with Crippen LogP contribution in [0.3, 0.4) is 0 Å². The number of rotatable bonds is 4. The van der Waals surface area contributed by atoms with Gasteiger partial charge in [0.25, 0.3) is 5.91 Å². The molecule has 0 bridgehead atoms. The molecule has 7 heteroatoms. The first-order valence-electron chi connectivity index (χ1n) is 9.70. The van der Waals surface area contributed by atoms with Crippen LogP contribution in [0.2, 0.25) is 0 Å². The predicted octanol–water partition coefficient (Wildman–Crippen LogP) is 3.96. The van der Waals surface area contributed by atoms with E-state index in [4.69, 9.17) is 4.74 Å². The molecule has 1 atom stereocenters. The van der Waals surface area contributed by atoms with Gasteiger partial charge in [0.05, 0.1) is 17.9 Å². The van der Waals surface area contributed by atoms with Crippen molar-refractivity contribution in [1.29, 1.82) is 0 Å². The second kappa shape index (κ2) is 7.95. The van der Waals surface area contributed by atoms with Crippen LogP contribution in [-0.2, 0) is 0 Å². The molecule has 29 heavy (non-hydrogen) atoms. The van der Waals surface area contributed by atoms with E-state index in [9.17, 15) is 4.79 Å². The van der Waals surface area contributed by atoms with E-state index in [1.807, 2.05) is 51.1 Å². The molecule has 0 unspecified atom stereocenters. The Morgan fingerprint density at radius 3 is 2.66 bits per heavy atom. The topological polar surface area (TPSA) is 81.1 Å². The lowest BCUT2D eigenvalue weighted by atomic mass is 10.2. The Bertz CT molecular complexity index is 1040. The molecule has 0 radical (unpaired) electrons. The van der Waals surface area contributed by atoms with Gasteiger partial charge in [-0.1, -0.05) is 18.2 Å². The summed E-state index contributed by atoms with van der Waals surface area (Å²) < 4.78 is 6.01. The zero-order valence-corrected chi connectivity index (χ0v) is 16.8. The second-order valence-corrected chi connectivity index (χ2v) is 7.27. The van der Waals surface area contributed by atoms with E-state index >= 15 is 0 Å². The fourth-order valence-corrected chi connectivity index (χ4v) is 3.48.